The van der Waals surface area contributed by atoms with Crippen molar-refractivity contribution in [2.75, 3.05) is 11.9 Å². The molecule has 1 aliphatic rings. The number of hydrogen-bond acceptors (Lipinski definition) is 5. The highest BCUT2D eigenvalue weighted by molar-refractivity contribution is 7.80. The first-order chi connectivity index (χ1) is 15.0. The van der Waals surface area contributed by atoms with Crippen molar-refractivity contribution in [1.82, 2.24) is 5.32 Å². The Hall–Kier alpha value is -2.93. The quantitative estimate of drug-likeness (QED) is 0.461. The van der Waals surface area contributed by atoms with E-state index >= 15 is 0 Å². The molecule has 0 bridgehead atoms. The number of anilines is 1. The van der Waals surface area contributed by atoms with Gasteiger partial charge >= 0.3 is 5.97 Å². The molecule has 2 aromatic rings. The summed E-state index contributed by atoms with van der Waals surface area (Å²) in [4.78, 5) is 24.7. The molecule has 2 aromatic carbocycles. The fraction of sp³-hybridized carbons (Fsp3) is 0.375. The zero-order chi connectivity index (χ0) is 22.1. The van der Waals surface area contributed by atoms with E-state index in [1.54, 1.807) is 48.5 Å². The SMILES string of the molecule is CCCOc1ccc(C(=O)NC(=S)Nc2ccc(C(=O)OC3CCCCC3)cc2)cc1. The van der Waals surface area contributed by atoms with Crippen LogP contribution in [0.2, 0.25) is 0 Å². The van der Waals surface area contributed by atoms with Gasteiger partial charge in [-0.1, -0.05) is 13.3 Å². The third-order valence-corrected chi connectivity index (χ3v) is 5.22. The first-order valence-electron chi connectivity index (χ1n) is 10.7. The van der Waals surface area contributed by atoms with Crippen LogP contribution in [0.4, 0.5) is 5.69 Å². The van der Waals surface area contributed by atoms with Crippen molar-refractivity contribution >= 4 is 34.9 Å². The van der Waals surface area contributed by atoms with Crippen LogP contribution in [-0.4, -0.2) is 29.7 Å². The lowest BCUT2D eigenvalue weighted by atomic mass is 9.98. The molecule has 6 nitrogen and oxygen atoms in total. The highest BCUT2D eigenvalue weighted by Gasteiger charge is 2.18. The molecular weight excluding hydrogens is 412 g/mol. The van der Waals surface area contributed by atoms with E-state index in [-0.39, 0.29) is 23.1 Å². The number of esters is 1. The summed E-state index contributed by atoms with van der Waals surface area (Å²) in [6.45, 7) is 2.67. The van der Waals surface area contributed by atoms with Crippen LogP contribution in [0.5, 0.6) is 5.75 Å². The minimum atomic E-state index is -0.313. The van der Waals surface area contributed by atoms with Gasteiger partial charge in [0.2, 0.25) is 0 Å². The average molecular weight is 441 g/mol. The van der Waals surface area contributed by atoms with Crippen LogP contribution in [-0.2, 0) is 4.74 Å². The van der Waals surface area contributed by atoms with E-state index in [4.69, 9.17) is 21.7 Å². The third-order valence-electron chi connectivity index (χ3n) is 5.02. The topological polar surface area (TPSA) is 76.7 Å². The summed E-state index contributed by atoms with van der Waals surface area (Å²) in [6.07, 6.45) is 6.26. The van der Waals surface area contributed by atoms with Gasteiger partial charge in [-0.2, -0.15) is 0 Å². The van der Waals surface area contributed by atoms with Crippen LogP contribution in [0.1, 0.15) is 66.2 Å². The van der Waals surface area contributed by atoms with Crippen molar-refractivity contribution in [2.24, 2.45) is 0 Å². The summed E-state index contributed by atoms with van der Waals surface area (Å²) in [6, 6.07) is 13.7. The molecule has 0 saturated heterocycles. The maximum absolute atomic E-state index is 12.4. The predicted octanol–water partition coefficient (Wildman–Crippen LogP) is 5.09. The third kappa shape index (κ3) is 7.07. The van der Waals surface area contributed by atoms with Gasteiger partial charge < -0.3 is 14.8 Å². The normalized spacial score (nSPS) is 13.8. The zero-order valence-corrected chi connectivity index (χ0v) is 18.5. The summed E-state index contributed by atoms with van der Waals surface area (Å²) >= 11 is 5.23. The van der Waals surface area contributed by atoms with E-state index in [1.807, 2.05) is 6.92 Å². The van der Waals surface area contributed by atoms with Gasteiger partial charge in [0.05, 0.1) is 12.2 Å². The molecule has 7 heteroatoms. The Morgan fingerprint density at radius 2 is 1.61 bits per heavy atom. The lowest BCUT2D eigenvalue weighted by molar-refractivity contribution is 0.0211. The minimum absolute atomic E-state index is 0.0223. The van der Waals surface area contributed by atoms with Crippen molar-refractivity contribution in [3.05, 3.63) is 59.7 Å². The molecule has 2 N–H and O–H groups in total. The molecule has 164 valence electrons. The number of amides is 1. The van der Waals surface area contributed by atoms with Crippen LogP contribution in [0.15, 0.2) is 48.5 Å². The number of hydrogen-bond donors (Lipinski definition) is 2. The van der Waals surface area contributed by atoms with Gasteiger partial charge in [0.15, 0.2) is 5.11 Å². The van der Waals surface area contributed by atoms with E-state index in [9.17, 15) is 9.59 Å². The van der Waals surface area contributed by atoms with E-state index in [2.05, 4.69) is 10.6 Å². The molecule has 3 rings (SSSR count). The van der Waals surface area contributed by atoms with Crippen LogP contribution in [0, 0.1) is 0 Å². The van der Waals surface area contributed by atoms with Gasteiger partial charge in [0.1, 0.15) is 11.9 Å². The Balaban J connectivity index is 1.48. The van der Waals surface area contributed by atoms with Crippen molar-refractivity contribution in [2.45, 2.75) is 51.6 Å². The highest BCUT2D eigenvalue weighted by Crippen LogP contribution is 2.22. The zero-order valence-electron chi connectivity index (χ0n) is 17.7. The summed E-state index contributed by atoms with van der Waals surface area (Å²) in [5, 5.41) is 5.77. The molecule has 0 aliphatic heterocycles. The smallest absolute Gasteiger partial charge is 0.338 e. The number of carbonyl (C=O) groups excluding carboxylic acids is 2. The molecule has 1 saturated carbocycles. The maximum atomic E-state index is 12.4. The van der Waals surface area contributed by atoms with Crippen molar-refractivity contribution in [3.8, 4) is 5.75 Å². The van der Waals surface area contributed by atoms with Crippen LogP contribution >= 0.6 is 12.2 Å². The van der Waals surface area contributed by atoms with Gasteiger partial charge in [0.25, 0.3) is 5.91 Å². The molecule has 0 aromatic heterocycles. The highest BCUT2D eigenvalue weighted by atomic mass is 32.1. The minimum Gasteiger partial charge on any atom is -0.494 e. The first-order valence-corrected chi connectivity index (χ1v) is 11.1. The molecule has 0 atom stereocenters. The number of thiocarbonyl (C=S) groups is 1. The first kappa shape index (κ1) is 22.7. The predicted molar refractivity (Wildman–Crippen MR) is 125 cm³/mol. The number of benzene rings is 2. The van der Waals surface area contributed by atoms with Crippen LogP contribution < -0.4 is 15.4 Å². The molecule has 0 radical (unpaired) electrons. The second-order valence-corrected chi connectivity index (χ2v) is 7.93. The van der Waals surface area contributed by atoms with Crippen molar-refractivity contribution in [3.63, 3.8) is 0 Å². The summed E-state index contributed by atoms with van der Waals surface area (Å²) in [5.74, 6) is 0.106. The van der Waals surface area contributed by atoms with E-state index in [0.29, 0.717) is 23.4 Å². The molecule has 0 heterocycles. The fourth-order valence-corrected chi connectivity index (χ4v) is 3.56. The summed E-state index contributed by atoms with van der Waals surface area (Å²) in [7, 11) is 0. The Morgan fingerprint density at radius 1 is 0.968 bits per heavy atom. The second-order valence-electron chi connectivity index (χ2n) is 7.52. The summed E-state index contributed by atoms with van der Waals surface area (Å²) in [5.41, 5.74) is 1.65. The second kappa shape index (κ2) is 11.5. The standard InChI is InChI=1S/C24H28N2O4S/c1-2-16-29-20-14-10-17(11-15-20)22(27)26-24(31)25-19-12-8-18(9-13-19)23(28)30-21-6-4-3-5-7-21/h8-15,21H,2-7,16H2,1H3,(H2,25,26,27,31). The van der Waals surface area contributed by atoms with Crippen LogP contribution in [0.25, 0.3) is 0 Å². The molecular formula is C24H28N2O4S. The van der Waals surface area contributed by atoms with Crippen molar-refractivity contribution < 1.29 is 19.1 Å². The Kier molecular flexibility index (Phi) is 8.41. The monoisotopic (exact) mass is 440 g/mol. The maximum Gasteiger partial charge on any atom is 0.338 e. The Bertz CT molecular complexity index is 891. The molecule has 1 amide bonds. The number of carbonyl (C=O) groups is 2. The van der Waals surface area contributed by atoms with Crippen LogP contribution in [0.3, 0.4) is 0 Å². The Morgan fingerprint density at radius 3 is 2.26 bits per heavy atom. The van der Waals surface area contributed by atoms with E-state index in [0.717, 1.165) is 37.9 Å². The van der Waals surface area contributed by atoms with E-state index in [1.165, 1.54) is 6.42 Å². The molecule has 31 heavy (non-hydrogen) atoms. The van der Waals surface area contributed by atoms with Gasteiger partial charge in [0, 0.05) is 11.3 Å². The molecule has 1 fully saturated rings. The molecule has 0 unspecified atom stereocenters. The van der Waals surface area contributed by atoms with E-state index < -0.39 is 0 Å². The van der Waals surface area contributed by atoms with Gasteiger partial charge in [-0.3, -0.25) is 10.1 Å². The number of rotatable bonds is 7. The number of ether oxygens (including phenoxy) is 2. The van der Waals surface area contributed by atoms with Gasteiger partial charge in [-0.25, -0.2) is 4.79 Å². The van der Waals surface area contributed by atoms with Crippen molar-refractivity contribution in [1.29, 1.82) is 0 Å². The molecule has 1 aliphatic carbocycles. The lowest BCUT2D eigenvalue weighted by Gasteiger charge is -2.21. The lowest BCUT2D eigenvalue weighted by Crippen LogP contribution is -2.34. The largest absolute Gasteiger partial charge is 0.494 e. The number of nitrogens with one attached hydrogen (secondary N) is 2. The summed E-state index contributed by atoms with van der Waals surface area (Å²) < 4.78 is 11.1. The molecule has 0 spiro atoms. The Labute approximate surface area is 188 Å². The average Bonchev–Trinajstić information content (AvgIpc) is 2.79. The fourth-order valence-electron chi connectivity index (χ4n) is 3.35. The van der Waals surface area contributed by atoms with Gasteiger partial charge in [-0.05, 0) is 92.9 Å². The van der Waals surface area contributed by atoms with Gasteiger partial charge in [-0.15, -0.1) is 0 Å².